The van der Waals surface area contributed by atoms with Gasteiger partial charge in [-0.05, 0) is 46.5 Å². The number of aromatic nitrogens is 2. The van der Waals surface area contributed by atoms with E-state index in [1.807, 2.05) is 30.5 Å². The molecule has 0 bridgehead atoms. The molecule has 0 N–H and O–H groups in total. The molecule has 5 heteroatoms. The monoisotopic (exact) mass is 670 g/mol. The molecule has 0 saturated carbocycles. The molecule has 4 nitrogen and oxygen atoms in total. The largest absolute Gasteiger partial charge is 0.455 e. The summed E-state index contributed by atoms with van der Waals surface area (Å²) < 4.78 is 13.8. The van der Waals surface area contributed by atoms with Crippen LogP contribution >= 0.6 is 11.3 Å². The Kier molecular flexibility index (Phi) is 6.09. The highest BCUT2D eigenvalue weighted by atomic mass is 32.1. The van der Waals surface area contributed by atoms with E-state index in [4.69, 9.17) is 18.8 Å². The fourth-order valence-electron chi connectivity index (χ4n) is 7.47. The predicted octanol–water partition coefficient (Wildman–Crippen LogP) is 13.3. The van der Waals surface area contributed by atoms with Crippen LogP contribution in [0.1, 0.15) is 0 Å². The smallest absolute Gasteiger partial charge is 0.143 e. The molecule has 0 spiro atoms. The molecular weight excluding hydrogens is 645 g/mol. The summed E-state index contributed by atoms with van der Waals surface area (Å²) >= 11 is 1.68. The van der Waals surface area contributed by atoms with Gasteiger partial charge in [0.25, 0.3) is 0 Å². The van der Waals surface area contributed by atoms with Gasteiger partial charge >= 0.3 is 0 Å². The summed E-state index contributed by atoms with van der Waals surface area (Å²) in [6, 6.07) is 53.0. The number of hydrogen-bond donors (Lipinski definition) is 0. The van der Waals surface area contributed by atoms with Gasteiger partial charge in [0.1, 0.15) is 32.7 Å². The van der Waals surface area contributed by atoms with Gasteiger partial charge in [0.15, 0.2) is 0 Å². The van der Waals surface area contributed by atoms with Gasteiger partial charge in [-0.15, -0.1) is 11.3 Å². The molecule has 4 heterocycles. The maximum absolute atomic E-state index is 6.30. The van der Waals surface area contributed by atoms with Crippen LogP contribution in [0.5, 0.6) is 0 Å². The third-order valence-corrected chi connectivity index (χ3v) is 11.1. The molecule has 51 heavy (non-hydrogen) atoms. The van der Waals surface area contributed by atoms with Crippen molar-refractivity contribution in [1.82, 2.24) is 9.97 Å². The second-order valence-electron chi connectivity index (χ2n) is 12.9. The highest BCUT2D eigenvalue weighted by Crippen LogP contribution is 2.40. The topological polar surface area (TPSA) is 52.1 Å². The Morgan fingerprint density at radius 3 is 1.59 bits per heavy atom. The molecule has 0 atom stereocenters. The lowest BCUT2D eigenvalue weighted by Crippen LogP contribution is -1.87. The Hall–Kier alpha value is -6.56. The van der Waals surface area contributed by atoms with Crippen molar-refractivity contribution in [3.63, 3.8) is 0 Å². The Labute approximate surface area is 295 Å². The molecule has 0 aliphatic heterocycles. The highest BCUT2D eigenvalue weighted by molar-refractivity contribution is 7.25. The van der Waals surface area contributed by atoms with Gasteiger partial charge in [0.05, 0.1) is 11.9 Å². The average Bonchev–Trinajstić information content (AvgIpc) is 3.89. The highest BCUT2D eigenvalue weighted by Gasteiger charge is 2.15. The van der Waals surface area contributed by atoms with E-state index in [0.29, 0.717) is 0 Å². The van der Waals surface area contributed by atoms with Crippen molar-refractivity contribution in [1.29, 1.82) is 0 Å². The third-order valence-electron chi connectivity index (χ3n) is 10.0. The van der Waals surface area contributed by atoms with Crippen molar-refractivity contribution in [3.8, 4) is 44.6 Å². The third kappa shape index (κ3) is 4.45. The van der Waals surface area contributed by atoms with Gasteiger partial charge in [-0.1, -0.05) is 127 Å². The number of para-hydroxylation sites is 4. The first-order valence-electron chi connectivity index (χ1n) is 17.0. The van der Waals surface area contributed by atoms with Crippen LogP contribution in [0.4, 0.5) is 0 Å². The number of hydrogen-bond acceptors (Lipinski definition) is 5. The molecule has 0 radical (unpaired) electrons. The Morgan fingerprint density at radius 1 is 0.431 bits per heavy atom. The second-order valence-corrected chi connectivity index (χ2v) is 14.0. The van der Waals surface area contributed by atoms with E-state index in [0.717, 1.165) is 104 Å². The van der Waals surface area contributed by atoms with Gasteiger partial charge in [-0.25, -0.2) is 4.98 Å². The molecule has 0 saturated heterocycles. The van der Waals surface area contributed by atoms with Crippen molar-refractivity contribution in [3.05, 3.63) is 158 Å². The van der Waals surface area contributed by atoms with Crippen LogP contribution in [0.15, 0.2) is 167 Å². The summed E-state index contributed by atoms with van der Waals surface area (Å²) in [5.41, 5.74) is 13.2. The Balaban J connectivity index is 0.905. The fourth-order valence-corrected chi connectivity index (χ4v) is 8.48. The zero-order valence-electron chi connectivity index (χ0n) is 27.1. The summed E-state index contributed by atoms with van der Waals surface area (Å²) in [5, 5.41) is 5.67. The van der Waals surface area contributed by atoms with Crippen LogP contribution < -0.4 is 0 Å². The zero-order chi connectivity index (χ0) is 33.5. The van der Waals surface area contributed by atoms with E-state index in [9.17, 15) is 0 Å². The zero-order valence-corrected chi connectivity index (χ0v) is 27.9. The molecule has 7 aromatic carbocycles. The van der Waals surface area contributed by atoms with Gasteiger partial charge in [0.2, 0.25) is 0 Å². The quantitative estimate of drug-likeness (QED) is 0.187. The molecule has 0 aliphatic carbocycles. The fraction of sp³-hybridized carbons (Fsp3) is 0. The number of thiophene rings is 1. The number of nitrogens with zero attached hydrogens (tertiary/aromatic N) is 2. The van der Waals surface area contributed by atoms with E-state index >= 15 is 0 Å². The van der Waals surface area contributed by atoms with Crippen LogP contribution in [0, 0.1) is 0 Å². The molecular formula is C46H26N2O2S. The van der Waals surface area contributed by atoms with Crippen LogP contribution in [0.25, 0.3) is 109 Å². The van der Waals surface area contributed by atoms with E-state index < -0.39 is 0 Å². The summed E-state index contributed by atoms with van der Waals surface area (Å²) in [6.45, 7) is 0. The van der Waals surface area contributed by atoms with Crippen LogP contribution in [-0.2, 0) is 0 Å². The molecule has 0 amide bonds. The number of rotatable bonds is 4. The standard InChI is InChI=1S/C46H26N2O2S/c1-3-13-40-34(7-1)36-11-5-9-32(44(36)49-40)28-17-15-27(16-18-28)31-23-24-42-38(25-31)43-46(51-42)48-39(26-47-43)30-21-19-29(20-22-30)33-10-6-12-37-35-8-2-4-14-41(35)50-45(33)37/h1-26H. The van der Waals surface area contributed by atoms with E-state index in [2.05, 4.69) is 127 Å². The molecule has 0 aliphatic rings. The summed E-state index contributed by atoms with van der Waals surface area (Å²) in [5.74, 6) is 0. The van der Waals surface area contributed by atoms with Crippen molar-refractivity contribution >= 4 is 75.6 Å². The SMILES string of the molecule is c1ccc2c(c1)oc1c(-c3ccc(-c4ccc5sc6nc(-c7ccc(-c8cccc9c8oc8ccccc89)cc7)cnc6c5c4)cc3)cccc12. The van der Waals surface area contributed by atoms with Crippen molar-refractivity contribution in [2.75, 3.05) is 0 Å². The molecule has 4 aromatic heterocycles. The van der Waals surface area contributed by atoms with Gasteiger partial charge in [0, 0.05) is 48.3 Å². The van der Waals surface area contributed by atoms with Crippen molar-refractivity contribution in [2.24, 2.45) is 0 Å². The van der Waals surface area contributed by atoms with Crippen LogP contribution in [0.3, 0.4) is 0 Å². The Bertz CT molecular complexity index is 3130. The minimum absolute atomic E-state index is 0.859. The average molecular weight is 671 g/mol. The molecule has 11 rings (SSSR count). The lowest BCUT2D eigenvalue weighted by Gasteiger charge is -2.06. The summed E-state index contributed by atoms with van der Waals surface area (Å²) in [4.78, 5) is 11.0. The van der Waals surface area contributed by atoms with Crippen LogP contribution in [0.2, 0.25) is 0 Å². The maximum atomic E-state index is 6.30. The second kappa shape index (κ2) is 11.0. The lowest BCUT2D eigenvalue weighted by molar-refractivity contribution is 0.669. The van der Waals surface area contributed by atoms with E-state index in [-0.39, 0.29) is 0 Å². The minimum Gasteiger partial charge on any atom is -0.455 e. The number of fused-ring (bicyclic) bond motifs is 9. The summed E-state index contributed by atoms with van der Waals surface area (Å²) in [6.07, 6.45) is 1.89. The minimum atomic E-state index is 0.859. The number of benzene rings is 7. The van der Waals surface area contributed by atoms with E-state index in [1.165, 1.54) is 4.70 Å². The van der Waals surface area contributed by atoms with Crippen LogP contribution in [-0.4, -0.2) is 9.97 Å². The lowest BCUT2D eigenvalue weighted by atomic mass is 9.98. The normalized spacial score (nSPS) is 11.9. The Morgan fingerprint density at radius 2 is 0.961 bits per heavy atom. The van der Waals surface area contributed by atoms with E-state index in [1.54, 1.807) is 11.3 Å². The maximum Gasteiger partial charge on any atom is 0.143 e. The first-order valence-corrected chi connectivity index (χ1v) is 17.8. The number of furan rings is 2. The molecule has 238 valence electrons. The molecule has 0 fully saturated rings. The van der Waals surface area contributed by atoms with Crippen molar-refractivity contribution in [2.45, 2.75) is 0 Å². The van der Waals surface area contributed by atoms with Crippen molar-refractivity contribution < 1.29 is 8.83 Å². The molecule has 0 unspecified atom stereocenters. The summed E-state index contributed by atoms with van der Waals surface area (Å²) in [7, 11) is 0. The van der Waals surface area contributed by atoms with Gasteiger partial charge < -0.3 is 8.83 Å². The molecule has 11 aromatic rings. The van der Waals surface area contributed by atoms with Gasteiger partial charge in [-0.3, -0.25) is 4.98 Å². The first kappa shape index (κ1) is 28.3. The first-order chi connectivity index (χ1) is 25.2. The predicted molar refractivity (Wildman–Crippen MR) is 211 cm³/mol. The van der Waals surface area contributed by atoms with Gasteiger partial charge in [-0.2, -0.15) is 0 Å².